The molecule has 0 aliphatic heterocycles. The highest BCUT2D eigenvalue weighted by molar-refractivity contribution is 5.32. The lowest BCUT2D eigenvalue weighted by molar-refractivity contribution is 0.305. The molecule has 4 nitrogen and oxygen atoms in total. The summed E-state index contributed by atoms with van der Waals surface area (Å²) < 4.78 is 5.78. The van der Waals surface area contributed by atoms with Crippen LogP contribution in [0.2, 0.25) is 0 Å². The van der Waals surface area contributed by atoms with Crippen molar-refractivity contribution in [2.75, 3.05) is 0 Å². The van der Waals surface area contributed by atoms with Crippen molar-refractivity contribution in [1.29, 1.82) is 0 Å². The number of hydrogen-bond donors (Lipinski definition) is 2. The highest BCUT2D eigenvalue weighted by Crippen LogP contribution is 2.20. The summed E-state index contributed by atoms with van der Waals surface area (Å²) in [6.07, 6.45) is 3.56. The molecule has 0 aliphatic rings. The highest BCUT2D eigenvalue weighted by Gasteiger charge is 2.07. The molecule has 1 atom stereocenters. The fourth-order valence-corrected chi connectivity index (χ4v) is 2.54. The van der Waals surface area contributed by atoms with Crippen LogP contribution in [0.15, 0.2) is 73.1 Å². The van der Waals surface area contributed by atoms with E-state index >= 15 is 0 Å². The van der Waals surface area contributed by atoms with Gasteiger partial charge in [-0.05, 0) is 36.8 Å². The Labute approximate surface area is 148 Å². The number of rotatable bonds is 7. The van der Waals surface area contributed by atoms with Crippen LogP contribution in [0, 0.1) is 0 Å². The van der Waals surface area contributed by atoms with Gasteiger partial charge in [-0.2, -0.15) is 0 Å². The van der Waals surface area contributed by atoms with Gasteiger partial charge in [-0.3, -0.25) is 4.98 Å². The zero-order valence-corrected chi connectivity index (χ0v) is 14.2. The molecule has 0 saturated heterocycles. The molecule has 128 valence electrons. The molecule has 4 heteroatoms. The van der Waals surface area contributed by atoms with Crippen LogP contribution >= 0.6 is 0 Å². The maximum Gasteiger partial charge on any atom is 0.120 e. The molecule has 25 heavy (non-hydrogen) atoms. The molecular formula is C21H22N2O2. The number of benzene rings is 2. The third-order valence-corrected chi connectivity index (χ3v) is 4.10. The van der Waals surface area contributed by atoms with E-state index in [1.807, 2.05) is 42.5 Å². The average Bonchev–Trinajstić information content (AvgIpc) is 2.67. The van der Waals surface area contributed by atoms with Gasteiger partial charge in [0.05, 0.1) is 0 Å². The van der Waals surface area contributed by atoms with Gasteiger partial charge in [0.2, 0.25) is 0 Å². The fraction of sp³-hybridized carbons (Fsp3) is 0.190. The molecular weight excluding hydrogens is 312 g/mol. The normalized spacial score (nSPS) is 11.9. The number of nitrogens with one attached hydrogen (secondary N) is 1. The third kappa shape index (κ3) is 4.81. The Morgan fingerprint density at radius 1 is 1.04 bits per heavy atom. The van der Waals surface area contributed by atoms with Crippen molar-refractivity contribution in [2.45, 2.75) is 26.1 Å². The van der Waals surface area contributed by atoms with Gasteiger partial charge in [0.15, 0.2) is 0 Å². The second-order valence-corrected chi connectivity index (χ2v) is 5.95. The van der Waals surface area contributed by atoms with E-state index in [4.69, 9.17) is 4.74 Å². The maximum atomic E-state index is 9.82. The quantitative estimate of drug-likeness (QED) is 0.679. The van der Waals surface area contributed by atoms with Crippen molar-refractivity contribution in [2.24, 2.45) is 0 Å². The molecule has 2 aromatic carbocycles. The van der Waals surface area contributed by atoms with Crippen molar-refractivity contribution in [3.8, 4) is 11.5 Å². The molecule has 0 fully saturated rings. The molecule has 3 aromatic rings. The van der Waals surface area contributed by atoms with Crippen LogP contribution in [0.5, 0.6) is 11.5 Å². The van der Waals surface area contributed by atoms with E-state index in [-0.39, 0.29) is 6.04 Å². The van der Waals surface area contributed by atoms with Crippen molar-refractivity contribution in [3.05, 3.63) is 89.7 Å². The summed E-state index contributed by atoms with van der Waals surface area (Å²) in [5.74, 6) is 1.15. The van der Waals surface area contributed by atoms with Crippen molar-refractivity contribution < 1.29 is 9.84 Å². The van der Waals surface area contributed by atoms with E-state index in [1.54, 1.807) is 18.5 Å². The Bertz CT molecular complexity index is 789. The smallest absolute Gasteiger partial charge is 0.120 e. The van der Waals surface area contributed by atoms with Crippen molar-refractivity contribution in [3.63, 3.8) is 0 Å². The first kappa shape index (κ1) is 17.0. The predicted octanol–water partition coefficient (Wildman–Crippen LogP) is 4.22. The molecule has 0 bridgehead atoms. The molecule has 0 amide bonds. The van der Waals surface area contributed by atoms with Gasteiger partial charge in [-0.1, -0.05) is 36.4 Å². The molecule has 1 aromatic heterocycles. The van der Waals surface area contributed by atoms with E-state index in [0.717, 1.165) is 16.9 Å². The Kier molecular flexibility index (Phi) is 5.65. The van der Waals surface area contributed by atoms with Crippen LogP contribution in [0.25, 0.3) is 0 Å². The Hall–Kier alpha value is -2.85. The number of para-hydroxylation sites is 1. The molecule has 0 aliphatic carbocycles. The highest BCUT2D eigenvalue weighted by atomic mass is 16.5. The van der Waals surface area contributed by atoms with E-state index in [0.29, 0.717) is 18.9 Å². The topological polar surface area (TPSA) is 54.4 Å². The summed E-state index contributed by atoms with van der Waals surface area (Å²) in [5.41, 5.74) is 3.11. The summed E-state index contributed by atoms with van der Waals surface area (Å²) in [6.45, 7) is 3.23. The van der Waals surface area contributed by atoms with Crippen LogP contribution in [0.4, 0.5) is 0 Å². The Morgan fingerprint density at radius 2 is 1.84 bits per heavy atom. The van der Waals surface area contributed by atoms with E-state index in [2.05, 4.69) is 29.4 Å². The van der Waals surface area contributed by atoms with Crippen LogP contribution in [-0.2, 0) is 13.2 Å². The third-order valence-electron chi connectivity index (χ3n) is 4.10. The summed E-state index contributed by atoms with van der Waals surface area (Å²) in [6, 6.07) is 19.5. The summed E-state index contributed by atoms with van der Waals surface area (Å²) in [4.78, 5) is 4.08. The SMILES string of the molecule is C[C@H](NCc1ccccc1O)c1ccc(OCc2cccnc2)cc1. The van der Waals surface area contributed by atoms with Crippen molar-refractivity contribution in [1.82, 2.24) is 10.3 Å². The lowest BCUT2D eigenvalue weighted by atomic mass is 10.1. The summed E-state index contributed by atoms with van der Waals surface area (Å²) in [7, 11) is 0. The molecule has 0 saturated carbocycles. The minimum absolute atomic E-state index is 0.173. The first-order valence-electron chi connectivity index (χ1n) is 8.34. The molecule has 3 rings (SSSR count). The lowest BCUT2D eigenvalue weighted by Gasteiger charge is -2.15. The van der Waals surface area contributed by atoms with Gasteiger partial charge in [-0.15, -0.1) is 0 Å². The van der Waals surface area contributed by atoms with Gasteiger partial charge in [0.25, 0.3) is 0 Å². The van der Waals surface area contributed by atoms with E-state index in [9.17, 15) is 5.11 Å². The van der Waals surface area contributed by atoms with Gasteiger partial charge in [0.1, 0.15) is 18.1 Å². The molecule has 0 spiro atoms. The zero-order valence-electron chi connectivity index (χ0n) is 14.2. The Balaban J connectivity index is 1.53. The number of phenolic OH excluding ortho intramolecular Hbond substituents is 1. The predicted molar refractivity (Wildman–Crippen MR) is 98.4 cm³/mol. The summed E-state index contributed by atoms with van der Waals surface area (Å²) >= 11 is 0. The maximum absolute atomic E-state index is 9.82. The standard InChI is InChI=1S/C21H22N2O2/c1-16(23-14-19-6-2-3-7-21(19)24)18-8-10-20(11-9-18)25-15-17-5-4-12-22-13-17/h2-13,16,23-24H,14-15H2,1H3/t16-/m0/s1. The zero-order chi connectivity index (χ0) is 17.5. The molecule has 1 heterocycles. The molecule has 0 unspecified atom stereocenters. The Morgan fingerprint density at radius 3 is 2.56 bits per heavy atom. The van der Waals surface area contributed by atoms with Gasteiger partial charge in [-0.25, -0.2) is 0 Å². The van der Waals surface area contributed by atoms with Crippen LogP contribution in [0.3, 0.4) is 0 Å². The molecule has 2 N–H and O–H groups in total. The number of aromatic hydroxyl groups is 1. The number of pyridine rings is 1. The second-order valence-electron chi connectivity index (χ2n) is 5.95. The minimum atomic E-state index is 0.173. The lowest BCUT2D eigenvalue weighted by Crippen LogP contribution is -2.18. The van der Waals surface area contributed by atoms with E-state index < -0.39 is 0 Å². The average molecular weight is 334 g/mol. The van der Waals surface area contributed by atoms with Crippen LogP contribution < -0.4 is 10.1 Å². The number of phenols is 1. The first-order valence-corrected chi connectivity index (χ1v) is 8.34. The number of aromatic nitrogens is 1. The van der Waals surface area contributed by atoms with E-state index in [1.165, 1.54) is 5.56 Å². The fourth-order valence-electron chi connectivity index (χ4n) is 2.54. The van der Waals surface area contributed by atoms with Crippen LogP contribution in [0.1, 0.15) is 29.7 Å². The summed E-state index contributed by atoms with van der Waals surface area (Å²) in [5, 5.41) is 13.2. The minimum Gasteiger partial charge on any atom is -0.508 e. The largest absolute Gasteiger partial charge is 0.508 e. The number of nitrogens with zero attached hydrogens (tertiary/aromatic N) is 1. The van der Waals surface area contributed by atoms with Gasteiger partial charge in [0, 0.05) is 36.1 Å². The number of ether oxygens (including phenoxy) is 1. The molecule has 0 radical (unpaired) electrons. The number of hydrogen-bond acceptors (Lipinski definition) is 4. The van der Waals surface area contributed by atoms with Gasteiger partial charge >= 0.3 is 0 Å². The first-order chi connectivity index (χ1) is 12.2. The monoisotopic (exact) mass is 334 g/mol. The van der Waals surface area contributed by atoms with Crippen LogP contribution in [-0.4, -0.2) is 10.1 Å². The van der Waals surface area contributed by atoms with Gasteiger partial charge < -0.3 is 15.2 Å². The van der Waals surface area contributed by atoms with Crippen molar-refractivity contribution >= 4 is 0 Å². The second kappa shape index (κ2) is 8.31.